The van der Waals surface area contributed by atoms with Gasteiger partial charge in [-0.2, -0.15) is 0 Å². The van der Waals surface area contributed by atoms with Crippen LogP contribution in [0.3, 0.4) is 0 Å². The van der Waals surface area contributed by atoms with Crippen molar-refractivity contribution in [3.05, 3.63) is 54.1 Å². The minimum atomic E-state index is -0.301. The molecule has 2 aromatic rings. The lowest BCUT2D eigenvalue weighted by Crippen LogP contribution is -2.16. The van der Waals surface area contributed by atoms with Gasteiger partial charge in [0.25, 0.3) is 0 Å². The lowest BCUT2D eigenvalue weighted by atomic mass is 10.0. The maximum absolute atomic E-state index is 12.9. The molecule has 0 aliphatic heterocycles. The van der Waals surface area contributed by atoms with Gasteiger partial charge in [0.2, 0.25) is 0 Å². The molecular weight excluding hydrogens is 384 g/mol. The number of unbranched alkanes of at least 4 members (excludes halogenated alkanes) is 7. The van der Waals surface area contributed by atoms with Gasteiger partial charge in [-0.05, 0) is 31.4 Å². The molecule has 0 heterocycles. The number of carbonyl (C=O) groups excluding carboxylic acids is 1. The molecule has 0 aromatic heterocycles. The molecule has 3 nitrogen and oxygen atoms in total. The fraction of sp³-hybridized carbons (Fsp3) is 0.536. The summed E-state index contributed by atoms with van der Waals surface area (Å²) in [5.41, 5.74) is 2.51. The van der Waals surface area contributed by atoms with Crippen LogP contribution in [0.1, 0.15) is 95.3 Å². The Hall–Kier alpha value is -2.29. The zero-order valence-corrected chi connectivity index (χ0v) is 19.7. The maximum Gasteiger partial charge on any atom is 0.342 e. The second kappa shape index (κ2) is 14.7. The second-order valence-corrected chi connectivity index (χ2v) is 8.38. The summed E-state index contributed by atoms with van der Waals surface area (Å²) in [5, 5.41) is 0. The third-order valence-corrected chi connectivity index (χ3v) is 5.57. The summed E-state index contributed by atoms with van der Waals surface area (Å²) < 4.78 is 11.9. The second-order valence-electron chi connectivity index (χ2n) is 8.38. The van der Waals surface area contributed by atoms with Crippen molar-refractivity contribution in [2.45, 2.75) is 91.1 Å². The van der Waals surface area contributed by atoms with E-state index in [1.807, 2.05) is 55.5 Å². The standard InChI is InChI=1S/C28H40O3/c1-4-6-7-8-9-10-11-15-22-30-27-25(24-18-13-12-14-19-24)20-16-21-26(27)28(29)31-23(3)17-5-2/h12-14,16,18-21,23H,4-11,15,17,22H2,1-3H3. The van der Waals surface area contributed by atoms with E-state index in [0.29, 0.717) is 17.9 Å². The van der Waals surface area contributed by atoms with E-state index in [0.717, 1.165) is 36.8 Å². The highest BCUT2D eigenvalue weighted by Gasteiger charge is 2.20. The first kappa shape index (κ1) is 25.0. The Labute approximate surface area is 189 Å². The molecule has 2 rings (SSSR count). The van der Waals surface area contributed by atoms with Gasteiger partial charge in [-0.3, -0.25) is 0 Å². The summed E-state index contributed by atoms with van der Waals surface area (Å²) in [6, 6.07) is 15.8. The number of benzene rings is 2. The summed E-state index contributed by atoms with van der Waals surface area (Å²) in [6.45, 7) is 6.91. The molecule has 0 bridgehead atoms. The molecule has 0 spiro atoms. The SMILES string of the molecule is CCCCCCCCCCOc1c(C(=O)OC(C)CCC)cccc1-c1ccccc1. The van der Waals surface area contributed by atoms with Crippen molar-refractivity contribution in [3.8, 4) is 16.9 Å². The van der Waals surface area contributed by atoms with E-state index >= 15 is 0 Å². The van der Waals surface area contributed by atoms with E-state index in [-0.39, 0.29) is 12.1 Å². The highest BCUT2D eigenvalue weighted by molar-refractivity contribution is 5.95. The third-order valence-electron chi connectivity index (χ3n) is 5.57. The van der Waals surface area contributed by atoms with Crippen molar-refractivity contribution in [2.75, 3.05) is 6.61 Å². The number of ether oxygens (including phenoxy) is 2. The lowest BCUT2D eigenvalue weighted by molar-refractivity contribution is 0.0319. The lowest BCUT2D eigenvalue weighted by Gasteiger charge is -2.18. The Bertz CT molecular complexity index is 754. The molecule has 0 N–H and O–H groups in total. The molecule has 0 radical (unpaired) electrons. The van der Waals surface area contributed by atoms with Gasteiger partial charge < -0.3 is 9.47 Å². The van der Waals surface area contributed by atoms with Crippen LogP contribution in [-0.4, -0.2) is 18.7 Å². The molecule has 0 aliphatic carbocycles. The van der Waals surface area contributed by atoms with Crippen molar-refractivity contribution in [1.82, 2.24) is 0 Å². The summed E-state index contributed by atoms with van der Waals surface area (Å²) >= 11 is 0. The highest BCUT2D eigenvalue weighted by atomic mass is 16.5. The number of hydrogen-bond acceptors (Lipinski definition) is 3. The van der Waals surface area contributed by atoms with Crippen LogP contribution < -0.4 is 4.74 Å². The van der Waals surface area contributed by atoms with Crippen molar-refractivity contribution in [1.29, 1.82) is 0 Å². The zero-order valence-electron chi connectivity index (χ0n) is 19.7. The highest BCUT2D eigenvalue weighted by Crippen LogP contribution is 2.34. The molecule has 3 heteroatoms. The van der Waals surface area contributed by atoms with Crippen LogP contribution in [0.15, 0.2) is 48.5 Å². The third kappa shape index (κ3) is 8.77. The maximum atomic E-state index is 12.9. The van der Waals surface area contributed by atoms with Crippen LogP contribution in [0.4, 0.5) is 0 Å². The number of carbonyl (C=O) groups is 1. The van der Waals surface area contributed by atoms with Crippen molar-refractivity contribution in [3.63, 3.8) is 0 Å². The molecule has 31 heavy (non-hydrogen) atoms. The minimum Gasteiger partial charge on any atom is -0.492 e. The van der Waals surface area contributed by atoms with Gasteiger partial charge in [0.05, 0.1) is 12.7 Å². The largest absolute Gasteiger partial charge is 0.492 e. The average molecular weight is 425 g/mol. The smallest absolute Gasteiger partial charge is 0.342 e. The van der Waals surface area contributed by atoms with E-state index < -0.39 is 0 Å². The van der Waals surface area contributed by atoms with E-state index in [2.05, 4.69) is 13.8 Å². The van der Waals surface area contributed by atoms with E-state index in [1.165, 1.54) is 38.5 Å². The Balaban J connectivity index is 2.04. The van der Waals surface area contributed by atoms with E-state index in [9.17, 15) is 4.79 Å². The Morgan fingerprint density at radius 3 is 2.16 bits per heavy atom. The quantitative estimate of drug-likeness (QED) is 0.213. The Morgan fingerprint density at radius 2 is 1.48 bits per heavy atom. The fourth-order valence-electron chi connectivity index (χ4n) is 3.82. The van der Waals surface area contributed by atoms with Gasteiger partial charge in [-0.1, -0.05) is 108 Å². The van der Waals surface area contributed by atoms with Crippen LogP contribution in [0, 0.1) is 0 Å². The molecule has 170 valence electrons. The normalized spacial score (nSPS) is 11.8. The first-order valence-electron chi connectivity index (χ1n) is 12.2. The van der Waals surface area contributed by atoms with Crippen LogP contribution >= 0.6 is 0 Å². The van der Waals surface area contributed by atoms with Gasteiger partial charge in [0, 0.05) is 5.56 Å². The van der Waals surface area contributed by atoms with Gasteiger partial charge >= 0.3 is 5.97 Å². The predicted molar refractivity (Wildman–Crippen MR) is 130 cm³/mol. The summed E-state index contributed by atoms with van der Waals surface area (Å²) in [7, 11) is 0. The molecular formula is C28H40O3. The zero-order chi connectivity index (χ0) is 22.3. The van der Waals surface area contributed by atoms with Crippen molar-refractivity contribution < 1.29 is 14.3 Å². The van der Waals surface area contributed by atoms with Gasteiger partial charge in [-0.25, -0.2) is 4.79 Å². The topological polar surface area (TPSA) is 35.5 Å². The number of esters is 1. The molecule has 1 unspecified atom stereocenters. The summed E-state index contributed by atoms with van der Waals surface area (Å²) in [6.07, 6.45) is 11.8. The van der Waals surface area contributed by atoms with Crippen molar-refractivity contribution in [2.24, 2.45) is 0 Å². The molecule has 0 fully saturated rings. The first-order chi connectivity index (χ1) is 15.2. The monoisotopic (exact) mass is 424 g/mol. The summed E-state index contributed by atoms with van der Waals surface area (Å²) in [4.78, 5) is 12.9. The first-order valence-corrected chi connectivity index (χ1v) is 12.2. The molecule has 0 saturated heterocycles. The number of para-hydroxylation sites is 1. The minimum absolute atomic E-state index is 0.0987. The Morgan fingerprint density at radius 1 is 0.806 bits per heavy atom. The van der Waals surface area contributed by atoms with E-state index in [4.69, 9.17) is 9.47 Å². The Kier molecular flexibility index (Phi) is 11.8. The summed E-state index contributed by atoms with van der Waals surface area (Å²) in [5.74, 6) is 0.343. The predicted octanol–water partition coefficient (Wildman–Crippen LogP) is 8.22. The fourth-order valence-corrected chi connectivity index (χ4v) is 3.82. The molecule has 1 atom stereocenters. The van der Waals surface area contributed by atoms with Crippen LogP contribution in [0.5, 0.6) is 5.75 Å². The van der Waals surface area contributed by atoms with Crippen molar-refractivity contribution >= 4 is 5.97 Å². The van der Waals surface area contributed by atoms with E-state index in [1.54, 1.807) is 0 Å². The molecule has 0 amide bonds. The number of rotatable bonds is 15. The van der Waals surface area contributed by atoms with Crippen LogP contribution in [0.2, 0.25) is 0 Å². The van der Waals surface area contributed by atoms with Crippen LogP contribution in [-0.2, 0) is 4.74 Å². The molecule has 2 aromatic carbocycles. The molecule has 0 saturated carbocycles. The average Bonchev–Trinajstić information content (AvgIpc) is 2.78. The van der Waals surface area contributed by atoms with Crippen LogP contribution in [0.25, 0.3) is 11.1 Å². The van der Waals surface area contributed by atoms with Gasteiger partial charge in [-0.15, -0.1) is 0 Å². The van der Waals surface area contributed by atoms with Gasteiger partial charge in [0.15, 0.2) is 0 Å². The number of hydrogen-bond donors (Lipinski definition) is 0. The molecule has 0 aliphatic rings. The van der Waals surface area contributed by atoms with Gasteiger partial charge in [0.1, 0.15) is 11.3 Å².